The molecule has 19 heavy (non-hydrogen) atoms. The second-order valence-corrected chi connectivity index (χ2v) is 4.38. The predicted molar refractivity (Wildman–Crippen MR) is 75.8 cm³/mol. The zero-order valence-corrected chi connectivity index (χ0v) is 11.4. The summed E-state index contributed by atoms with van der Waals surface area (Å²) in [4.78, 5) is 6.16. The van der Waals surface area contributed by atoms with Crippen LogP contribution in [0.5, 0.6) is 0 Å². The Kier molecular flexibility index (Phi) is 4.80. The van der Waals surface area contributed by atoms with Crippen molar-refractivity contribution in [3.63, 3.8) is 0 Å². The molecule has 0 spiro atoms. The lowest BCUT2D eigenvalue weighted by molar-refractivity contribution is 0.696. The molecular weight excluding hydrogens is 238 g/mol. The molecule has 0 aromatic carbocycles. The topological polar surface area (TPSA) is 53.9 Å². The minimum absolute atomic E-state index is 0.760. The summed E-state index contributed by atoms with van der Waals surface area (Å²) in [5, 5.41) is 11.7. The van der Waals surface area contributed by atoms with E-state index >= 15 is 0 Å². The van der Waals surface area contributed by atoms with Crippen LogP contribution in [0.15, 0.2) is 36.7 Å². The Bertz CT molecular complexity index is 483. The summed E-state index contributed by atoms with van der Waals surface area (Å²) in [6.45, 7) is 4.54. The molecule has 1 N–H and O–H groups in total. The highest BCUT2D eigenvalue weighted by Gasteiger charge is 2.04. The Hall–Kier alpha value is -2.01. The third kappa shape index (κ3) is 3.99. The lowest BCUT2D eigenvalue weighted by Crippen LogP contribution is -2.19. The van der Waals surface area contributed by atoms with Gasteiger partial charge in [0.2, 0.25) is 0 Å². The van der Waals surface area contributed by atoms with Crippen LogP contribution in [0, 0.1) is 0 Å². The summed E-state index contributed by atoms with van der Waals surface area (Å²) in [7, 11) is 2.00. The van der Waals surface area contributed by atoms with Crippen LogP contribution in [0.1, 0.15) is 18.2 Å². The zero-order valence-electron chi connectivity index (χ0n) is 11.4. The zero-order chi connectivity index (χ0) is 13.5. The average Bonchev–Trinajstić information content (AvgIpc) is 2.46. The van der Waals surface area contributed by atoms with E-state index in [-0.39, 0.29) is 0 Å². The first kappa shape index (κ1) is 13.4. The van der Waals surface area contributed by atoms with Gasteiger partial charge in [0.05, 0.1) is 5.69 Å². The van der Waals surface area contributed by atoms with Crippen LogP contribution < -0.4 is 10.2 Å². The summed E-state index contributed by atoms with van der Waals surface area (Å²) in [5.74, 6) is 0.865. The molecule has 0 unspecified atom stereocenters. The first-order chi connectivity index (χ1) is 9.29. The molecule has 0 radical (unpaired) electrons. The van der Waals surface area contributed by atoms with Gasteiger partial charge in [0.25, 0.3) is 0 Å². The fraction of sp³-hybridized carbons (Fsp3) is 0.357. The molecule has 0 fully saturated rings. The standard InChI is InChI=1S/C14H19N5/c1-3-15-10-13-6-7-14(18-17-13)19(2)11-12-5-4-8-16-9-12/h4-9,15H,3,10-11H2,1-2H3. The number of hydrogen-bond acceptors (Lipinski definition) is 5. The van der Waals surface area contributed by atoms with Gasteiger partial charge in [0.1, 0.15) is 0 Å². The molecule has 0 bridgehead atoms. The van der Waals surface area contributed by atoms with E-state index in [1.165, 1.54) is 0 Å². The van der Waals surface area contributed by atoms with Gasteiger partial charge in [-0.3, -0.25) is 4.98 Å². The third-order valence-corrected chi connectivity index (χ3v) is 2.80. The Balaban J connectivity index is 1.97. The van der Waals surface area contributed by atoms with Gasteiger partial charge in [-0.15, -0.1) is 5.10 Å². The van der Waals surface area contributed by atoms with E-state index in [2.05, 4.69) is 38.4 Å². The molecule has 0 aliphatic carbocycles. The van der Waals surface area contributed by atoms with Crippen LogP contribution >= 0.6 is 0 Å². The van der Waals surface area contributed by atoms with Gasteiger partial charge in [-0.05, 0) is 30.3 Å². The van der Waals surface area contributed by atoms with Crippen LogP contribution in [0.3, 0.4) is 0 Å². The molecule has 5 nitrogen and oxygen atoms in total. The summed E-state index contributed by atoms with van der Waals surface area (Å²) in [5.41, 5.74) is 2.11. The normalized spacial score (nSPS) is 10.4. The van der Waals surface area contributed by atoms with Gasteiger partial charge in [-0.25, -0.2) is 0 Å². The van der Waals surface area contributed by atoms with Crippen molar-refractivity contribution in [2.45, 2.75) is 20.0 Å². The minimum Gasteiger partial charge on any atom is -0.354 e. The highest BCUT2D eigenvalue weighted by atomic mass is 15.2. The second-order valence-electron chi connectivity index (χ2n) is 4.38. The maximum Gasteiger partial charge on any atom is 0.151 e. The molecule has 0 saturated carbocycles. The first-order valence-corrected chi connectivity index (χ1v) is 6.43. The number of nitrogens with zero attached hydrogens (tertiary/aromatic N) is 4. The smallest absolute Gasteiger partial charge is 0.151 e. The highest BCUT2D eigenvalue weighted by Crippen LogP contribution is 2.11. The molecule has 5 heteroatoms. The Morgan fingerprint density at radius 3 is 2.74 bits per heavy atom. The molecule has 0 saturated heterocycles. The summed E-state index contributed by atoms with van der Waals surface area (Å²) in [6.07, 6.45) is 3.64. The Morgan fingerprint density at radius 1 is 1.21 bits per heavy atom. The van der Waals surface area contributed by atoms with Crippen molar-refractivity contribution < 1.29 is 0 Å². The number of rotatable bonds is 6. The largest absolute Gasteiger partial charge is 0.354 e. The van der Waals surface area contributed by atoms with E-state index in [9.17, 15) is 0 Å². The van der Waals surface area contributed by atoms with Gasteiger partial charge in [0, 0.05) is 32.5 Å². The lowest BCUT2D eigenvalue weighted by Gasteiger charge is -2.17. The molecule has 0 aliphatic heterocycles. The van der Waals surface area contributed by atoms with Crippen molar-refractivity contribution >= 4 is 5.82 Å². The molecular formula is C14H19N5. The van der Waals surface area contributed by atoms with Gasteiger partial charge in [0.15, 0.2) is 5.82 Å². The molecule has 100 valence electrons. The van der Waals surface area contributed by atoms with Crippen molar-refractivity contribution in [2.24, 2.45) is 0 Å². The van der Waals surface area contributed by atoms with Crippen molar-refractivity contribution in [1.29, 1.82) is 0 Å². The fourth-order valence-corrected chi connectivity index (χ4v) is 1.75. The Morgan fingerprint density at radius 2 is 2.11 bits per heavy atom. The first-order valence-electron chi connectivity index (χ1n) is 6.43. The van der Waals surface area contributed by atoms with Crippen LogP contribution in [0.2, 0.25) is 0 Å². The third-order valence-electron chi connectivity index (χ3n) is 2.80. The molecule has 2 aromatic heterocycles. The Labute approximate surface area is 113 Å². The monoisotopic (exact) mass is 257 g/mol. The lowest BCUT2D eigenvalue weighted by atomic mass is 10.2. The quantitative estimate of drug-likeness (QED) is 0.852. The van der Waals surface area contributed by atoms with Crippen molar-refractivity contribution in [1.82, 2.24) is 20.5 Å². The number of pyridine rings is 1. The number of anilines is 1. The van der Waals surface area contributed by atoms with Gasteiger partial charge < -0.3 is 10.2 Å². The van der Waals surface area contributed by atoms with E-state index in [1.807, 2.05) is 31.4 Å². The molecule has 0 atom stereocenters. The fourth-order valence-electron chi connectivity index (χ4n) is 1.75. The minimum atomic E-state index is 0.760. The van der Waals surface area contributed by atoms with E-state index in [4.69, 9.17) is 0 Å². The van der Waals surface area contributed by atoms with E-state index in [0.717, 1.165) is 36.7 Å². The second kappa shape index (κ2) is 6.80. The van der Waals surface area contributed by atoms with E-state index in [0.29, 0.717) is 0 Å². The van der Waals surface area contributed by atoms with Crippen LogP contribution in [0.25, 0.3) is 0 Å². The van der Waals surface area contributed by atoms with Crippen LogP contribution in [-0.2, 0) is 13.1 Å². The molecule has 0 amide bonds. The number of nitrogens with one attached hydrogen (secondary N) is 1. The maximum absolute atomic E-state index is 4.24. The SMILES string of the molecule is CCNCc1ccc(N(C)Cc2cccnc2)nn1. The highest BCUT2D eigenvalue weighted by molar-refractivity contribution is 5.37. The van der Waals surface area contributed by atoms with Crippen molar-refractivity contribution in [2.75, 3.05) is 18.5 Å². The van der Waals surface area contributed by atoms with Crippen LogP contribution in [0.4, 0.5) is 5.82 Å². The van der Waals surface area contributed by atoms with Gasteiger partial charge >= 0.3 is 0 Å². The molecule has 2 aromatic rings. The van der Waals surface area contributed by atoms with E-state index in [1.54, 1.807) is 6.20 Å². The summed E-state index contributed by atoms with van der Waals surface area (Å²) < 4.78 is 0. The number of aromatic nitrogens is 3. The average molecular weight is 257 g/mol. The maximum atomic E-state index is 4.24. The summed E-state index contributed by atoms with van der Waals surface area (Å²) in [6, 6.07) is 7.99. The van der Waals surface area contributed by atoms with Crippen molar-refractivity contribution in [3.8, 4) is 0 Å². The van der Waals surface area contributed by atoms with Crippen LogP contribution in [-0.4, -0.2) is 28.8 Å². The predicted octanol–water partition coefficient (Wildman–Crippen LogP) is 1.62. The van der Waals surface area contributed by atoms with Gasteiger partial charge in [-0.2, -0.15) is 5.10 Å². The number of hydrogen-bond donors (Lipinski definition) is 1. The van der Waals surface area contributed by atoms with Gasteiger partial charge in [-0.1, -0.05) is 13.0 Å². The van der Waals surface area contributed by atoms with Crippen molar-refractivity contribution in [3.05, 3.63) is 47.9 Å². The summed E-state index contributed by atoms with van der Waals surface area (Å²) >= 11 is 0. The molecule has 0 aliphatic rings. The van der Waals surface area contributed by atoms with E-state index < -0.39 is 0 Å². The molecule has 2 heterocycles. The molecule has 2 rings (SSSR count).